The number of rotatable bonds is 8. The molecule has 0 saturated carbocycles. The van der Waals surface area contributed by atoms with Crippen LogP contribution in [0.5, 0.6) is 11.8 Å². The van der Waals surface area contributed by atoms with E-state index in [-0.39, 0.29) is 58.7 Å². The van der Waals surface area contributed by atoms with Gasteiger partial charge in [-0.3, -0.25) is 9.88 Å². The average molecular weight is 717 g/mol. The van der Waals surface area contributed by atoms with Crippen LogP contribution in [0.3, 0.4) is 0 Å². The Hall–Kier alpha value is -4.71. The van der Waals surface area contributed by atoms with Crippen molar-refractivity contribution in [3.8, 4) is 35.4 Å². The van der Waals surface area contributed by atoms with Gasteiger partial charge in [0, 0.05) is 63.0 Å². The van der Waals surface area contributed by atoms with Crippen LogP contribution in [0.25, 0.3) is 32.9 Å². The molecule has 4 saturated heterocycles. The average Bonchev–Trinajstić information content (AvgIpc) is 3.81. The first-order chi connectivity index (χ1) is 25.3. The summed E-state index contributed by atoms with van der Waals surface area (Å²) in [6.45, 7) is 4.34. The summed E-state index contributed by atoms with van der Waals surface area (Å²) in [6.07, 6.45) is 10.0. The number of terminal acetylenes is 1. The van der Waals surface area contributed by atoms with Crippen LogP contribution < -0.4 is 19.7 Å². The number of nitrogens with zero attached hydrogens (tertiary/aromatic N) is 5. The normalized spacial score (nSPS) is 23.5. The smallest absolute Gasteiger partial charge is 0.412 e. The fourth-order valence-electron chi connectivity index (χ4n) is 8.07. The van der Waals surface area contributed by atoms with Crippen molar-refractivity contribution in [3.63, 3.8) is 0 Å². The van der Waals surface area contributed by atoms with Gasteiger partial charge in [0.2, 0.25) is 0 Å². The minimum Gasteiger partial charge on any atom is -0.461 e. The van der Waals surface area contributed by atoms with Crippen LogP contribution in [-0.4, -0.2) is 103 Å². The van der Waals surface area contributed by atoms with E-state index in [0.717, 1.165) is 38.6 Å². The Bertz CT molecular complexity index is 2050. The van der Waals surface area contributed by atoms with Gasteiger partial charge in [0.1, 0.15) is 41.4 Å². The highest BCUT2D eigenvalue weighted by Gasteiger charge is 2.49. The van der Waals surface area contributed by atoms with E-state index >= 15 is 8.78 Å². The quantitative estimate of drug-likeness (QED) is 0.233. The number of fused-ring (bicyclic) bond motifs is 3. The molecule has 0 spiro atoms. The molecule has 1 amide bonds. The lowest BCUT2D eigenvalue weighted by Gasteiger charge is -2.31. The monoisotopic (exact) mass is 716 g/mol. The Balaban J connectivity index is 1.22. The lowest BCUT2D eigenvalue weighted by atomic mass is 9.95. The Morgan fingerprint density at radius 1 is 1.12 bits per heavy atom. The summed E-state index contributed by atoms with van der Waals surface area (Å²) in [5, 5.41) is 3.68. The molecule has 3 atom stereocenters. The number of pyridine rings is 1. The van der Waals surface area contributed by atoms with Gasteiger partial charge in [-0.1, -0.05) is 12.0 Å². The van der Waals surface area contributed by atoms with Crippen molar-refractivity contribution >= 4 is 33.6 Å². The summed E-state index contributed by atoms with van der Waals surface area (Å²) >= 11 is 0. The van der Waals surface area contributed by atoms with E-state index in [1.807, 2.05) is 4.90 Å². The van der Waals surface area contributed by atoms with Gasteiger partial charge in [0.25, 0.3) is 0 Å². The van der Waals surface area contributed by atoms with Gasteiger partial charge < -0.3 is 29.2 Å². The summed E-state index contributed by atoms with van der Waals surface area (Å²) < 4.78 is 69.9. The third-order valence-electron chi connectivity index (χ3n) is 10.5. The third-order valence-corrected chi connectivity index (χ3v) is 10.5. The van der Waals surface area contributed by atoms with Gasteiger partial charge in [-0.25, -0.2) is 18.0 Å². The molecule has 4 aromatic rings. The zero-order valence-electron chi connectivity index (χ0n) is 28.6. The second kappa shape index (κ2) is 14.4. The Kier molecular flexibility index (Phi) is 9.50. The molecule has 4 fully saturated rings. The molecule has 272 valence electrons. The molecule has 0 unspecified atom stereocenters. The van der Waals surface area contributed by atoms with E-state index in [1.165, 1.54) is 30.5 Å². The van der Waals surface area contributed by atoms with Gasteiger partial charge in [-0.15, -0.1) is 6.42 Å². The lowest BCUT2D eigenvalue weighted by Crippen LogP contribution is -2.43. The highest BCUT2D eigenvalue weighted by Crippen LogP contribution is 2.42. The predicted molar refractivity (Wildman–Crippen MR) is 187 cm³/mol. The molecule has 2 aromatic carbocycles. The zero-order chi connectivity index (χ0) is 35.8. The van der Waals surface area contributed by atoms with Gasteiger partial charge in [-0.2, -0.15) is 9.97 Å². The second-order valence-corrected chi connectivity index (χ2v) is 13.9. The molecule has 8 rings (SSSR count). The molecule has 0 radical (unpaired) electrons. The fourth-order valence-corrected chi connectivity index (χ4v) is 8.07. The van der Waals surface area contributed by atoms with Crippen molar-refractivity contribution in [1.82, 2.24) is 25.2 Å². The number of alkyl halides is 1. The van der Waals surface area contributed by atoms with E-state index in [9.17, 15) is 9.18 Å². The maximum Gasteiger partial charge on any atom is 0.412 e. The predicted octanol–water partition coefficient (Wildman–Crippen LogP) is 5.55. The van der Waals surface area contributed by atoms with Crippen LogP contribution in [0.2, 0.25) is 0 Å². The molecule has 14 heteroatoms. The van der Waals surface area contributed by atoms with E-state index in [4.69, 9.17) is 30.4 Å². The van der Waals surface area contributed by atoms with Gasteiger partial charge in [-0.05, 0) is 62.2 Å². The van der Waals surface area contributed by atoms with Crippen LogP contribution in [0.4, 0.5) is 23.8 Å². The lowest BCUT2D eigenvalue weighted by molar-refractivity contribution is 0.107. The number of aromatic nitrogens is 3. The number of halogens is 3. The van der Waals surface area contributed by atoms with Crippen LogP contribution >= 0.6 is 0 Å². The molecule has 11 nitrogen and oxygen atoms in total. The van der Waals surface area contributed by atoms with Crippen molar-refractivity contribution < 1.29 is 36.9 Å². The zero-order valence-corrected chi connectivity index (χ0v) is 28.6. The summed E-state index contributed by atoms with van der Waals surface area (Å²) in [6, 6.07) is 5.59. The van der Waals surface area contributed by atoms with E-state index < -0.39 is 29.4 Å². The Morgan fingerprint density at radius 3 is 2.87 bits per heavy atom. The van der Waals surface area contributed by atoms with Crippen molar-refractivity contribution in [3.05, 3.63) is 47.7 Å². The number of nitrogens with one attached hydrogen (secondary N) is 1. The highest BCUT2D eigenvalue weighted by atomic mass is 19.1. The number of anilines is 1. The molecule has 4 aliphatic rings. The van der Waals surface area contributed by atoms with Crippen LogP contribution in [0.15, 0.2) is 30.5 Å². The number of hydrogen-bond donors (Lipinski definition) is 1. The molecule has 2 aromatic heterocycles. The van der Waals surface area contributed by atoms with Crippen molar-refractivity contribution in [1.29, 1.82) is 0 Å². The molecular weight excluding hydrogens is 677 g/mol. The van der Waals surface area contributed by atoms with E-state index in [0.29, 0.717) is 62.5 Å². The summed E-state index contributed by atoms with van der Waals surface area (Å²) in [4.78, 5) is 30.8. The summed E-state index contributed by atoms with van der Waals surface area (Å²) in [5.74, 6) is 1.40. The van der Waals surface area contributed by atoms with Crippen LogP contribution in [-0.2, 0) is 9.47 Å². The minimum absolute atomic E-state index is 0.0486. The minimum atomic E-state index is -0.945. The Labute approximate surface area is 298 Å². The number of carbonyl (C=O) groups is 1. The summed E-state index contributed by atoms with van der Waals surface area (Å²) in [5.41, 5.74) is -0.711. The van der Waals surface area contributed by atoms with Gasteiger partial charge in [0.15, 0.2) is 5.82 Å². The number of amides is 1. The molecule has 6 heterocycles. The fraction of sp³-hybridized carbons (Fsp3) is 0.474. The van der Waals surface area contributed by atoms with Crippen molar-refractivity contribution in [2.75, 3.05) is 64.1 Å². The topological polar surface area (TPSA) is 111 Å². The maximum absolute atomic E-state index is 17.1. The standard InChI is InChI=1S/C38H39F3N6O5/c1-2-27-30(40)8-7-23-16-26(52-37(48)43-19-25-6-3-14-50-25)17-28(31(23)27)33-32(41)34-29(20-42-33)35(46-10-5-13-49-15-12-46)45-36(44-34)51-22-38-9-4-11-47(38)21-24(39)18-38/h1,7-8,16-17,20,24-25H,3-6,9-15,18-19,21-22H2,(H,43,48)/t24-,25+,38+/m1/s1. The summed E-state index contributed by atoms with van der Waals surface area (Å²) in [7, 11) is 0. The van der Waals surface area contributed by atoms with Crippen LogP contribution in [0.1, 0.15) is 44.1 Å². The molecule has 1 N–H and O–H groups in total. The molecule has 0 bridgehead atoms. The molecule has 52 heavy (non-hydrogen) atoms. The first-order valence-corrected chi connectivity index (χ1v) is 17.8. The maximum atomic E-state index is 17.1. The van der Waals surface area contributed by atoms with Crippen LogP contribution in [0, 0.1) is 24.0 Å². The van der Waals surface area contributed by atoms with E-state index in [2.05, 4.69) is 26.1 Å². The SMILES string of the molecule is C#Cc1c(F)ccc2cc(OC(=O)NC[C@@H]3CCCO3)cc(-c3ncc4c(N5CCCOCC5)nc(OC[C@@]56CCCN5C[C@H](F)C6)nc4c3F)c12. The second-order valence-electron chi connectivity index (χ2n) is 13.9. The number of hydrogen-bond acceptors (Lipinski definition) is 10. The largest absolute Gasteiger partial charge is 0.461 e. The van der Waals surface area contributed by atoms with E-state index in [1.54, 1.807) is 0 Å². The first kappa shape index (κ1) is 34.4. The molecule has 0 aliphatic carbocycles. The highest BCUT2D eigenvalue weighted by molar-refractivity contribution is 6.03. The third kappa shape index (κ3) is 6.57. The first-order valence-electron chi connectivity index (χ1n) is 17.8. The van der Waals surface area contributed by atoms with Gasteiger partial charge >= 0.3 is 12.1 Å². The van der Waals surface area contributed by atoms with Crippen molar-refractivity contribution in [2.24, 2.45) is 0 Å². The van der Waals surface area contributed by atoms with Gasteiger partial charge in [0.05, 0.1) is 29.2 Å². The Morgan fingerprint density at radius 2 is 2.02 bits per heavy atom. The molecule has 4 aliphatic heterocycles. The number of ether oxygens (including phenoxy) is 4. The number of benzene rings is 2. The number of carbonyl (C=O) groups excluding carboxylic acids is 1. The van der Waals surface area contributed by atoms with Crippen molar-refractivity contribution in [2.45, 2.75) is 56.3 Å². The molecular formula is C38H39F3N6O5.